The van der Waals surface area contributed by atoms with Crippen molar-refractivity contribution in [3.05, 3.63) is 11.8 Å². The first kappa shape index (κ1) is 13.9. The highest BCUT2D eigenvalue weighted by molar-refractivity contribution is 5.73. The van der Waals surface area contributed by atoms with E-state index >= 15 is 0 Å². The van der Waals surface area contributed by atoms with Crippen LogP contribution in [0, 0.1) is 0 Å². The van der Waals surface area contributed by atoms with Crippen LogP contribution in [-0.4, -0.2) is 34.6 Å². The van der Waals surface area contributed by atoms with Crippen molar-refractivity contribution in [1.29, 1.82) is 0 Å². The number of alkyl halides is 3. The quantitative estimate of drug-likeness (QED) is 0.855. The third kappa shape index (κ3) is 3.40. The molecule has 0 fully saturated rings. The molecule has 9 heteroatoms. The molecule has 6 nitrogen and oxygen atoms in total. The molecule has 2 N–H and O–H groups in total. The van der Waals surface area contributed by atoms with Crippen LogP contribution in [0.25, 0.3) is 0 Å². The molecule has 0 aliphatic rings. The number of carboxylic acid groups (broad SMARTS) is 1. The molecule has 0 saturated heterocycles. The van der Waals surface area contributed by atoms with Gasteiger partial charge < -0.3 is 19.7 Å². The number of hydrogen-bond acceptors (Lipinski definition) is 5. The van der Waals surface area contributed by atoms with E-state index in [2.05, 4.69) is 14.5 Å². The van der Waals surface area contributed by atoms with Crippen LogP contribution < -0.4 is 9.47 Å². The molecule has 1 rings (SSSR count). The van der Waals surface area contributed by atoms with Crippen molar-refractivity contribution in [3.63, 3.8) is 0 Å². The number of halogens is 3. The maximum Gasteiger partial charge on any atom is 0.573 e. The van der Waals surface area contributed by atoms with Gasteiger partial charge in [0, 0.05) is 0 Å². The number of methoxy groups -OCH3 is 1. The van der Waals surface area contributed by atoms with Crippen LogP contribution in [0.4, 0.5) is 13.2 Å². The minimum absolute atomic E-state index is 0.563. The maximum absolute atomic E-state index is 12.2. The van der Waals surface area contributed by atoms with E-state index in [4.69, 9.17) is 5.11 Å². The van der Waals surface area contributed by atoms with Gasteiger partial charge in [0.2, 0.25) is 0 Å². The number of rotatable bonds is 4. The van der Waals surface area contributed by atoms with Crippen molar-refractivity contribution < 1.29 is 37.7 Å². The number of hydrogen-bond donors (Lipinski definition) is 2. The van der Waals surface area contributed by atoms with Gasteiger partial charge >= 0.3 is 12.3 Å². The number of nitrogens with zero attached hydrogens (tertiary/aromatic N) is 1. The zero-order valence-corrected chi connectivity index (χ0v) is 8.98. The summed E-state index contributed by atoms with van der Waals surface area (Å²) in [5, 5.41) is 17.9. The average Bonchev–Trinajstić information content (AvgIpc) is 2.21. The summed E-state index contributed by atoms with van der Waals surface area (Å²) in [5.74, 6) is -3.70. The molecule has 0 saturated carbocycles. The third-order valence-electron chi connectivity index (χ3n) is 1.82. The van der Waals surface area contributed by atoms with E-state index in [0.717, 1.165) is 13.3 Å². The van der Waals surface area contributed by atoms with Gasteiger partial charge in [-0.25, -0.2) is 4.98 Å². The molecule has 0 spiro atoms. The van der Waals surface area contributed by atoms with Crippen molar-refractivity contribution >= 4 is 5.97 Å². The largest absolute Gasteiger partial charge is 0.573 e. The Hall–Kier alpha value is -2.19. The number of aromatic hydroxyl groups is 1. The van der Waals surface area contributed by atoms with E-state index in [1.165, 1.54) is 0 Å². The molecular formula is C9H8F3NO5. The summed E-state index contributed by atoms with van der Waals surface area (Å²) in [6.07, 6.45) is -5.15. The minimum atomic E-state index is -5.06. The lowest BCUT2D eigenvalue weighted by Crippen LogP contribution is -2.19. The van der Waals surface area contributed by atoms with E-state index in [1.54, 1.807) is 0 Å². The fraction of sp³-hybridized carbons (Fsp3) is 0.333. The molecule has 0 aliphatic carbocycles. The Morgan fingerprint density at radius 1 is 1.50 bits per heavy atom. The molecule has 0 unspecified atom stereocenters. The smallest absolute Gasteiger partial charge is 0.506 e. The summed E-state index contributed by atoms with van der Waals surface area (Å²) >= 11 is 0. The number of carbonyl (C=O) groups is 1. The van der Waals surface area contributed by atoms with Crippen LogP contribution in [-0.2, 0) is 11.2 Å². The molecule has 0 aromatic carbocycles. The van der Waals surface area contributed by atoms with Crippen LogP contribution in [0.5, 0.6) is 17.4 Å². The first-order valence-electron chi connectivity index (χ1n) is 4.47. The van der Waals surface area contributed by atoms with Crippen molar-refractivity contribution in [2.24, 2.45) is 0 Å². The molecule has 1 heterocycles. The lowest BCUT2D eigenvalue weighted by molar-refractivity contribution is -0.275. The summed E-state index contributed by atoms with van der Waals surface area (Å²) < 4.78 is 44.7. The summed E-state index contributed by atoms with van der Waals surface area (Å²) in [4.78, 5) is 13.9. The van der Waals surface area contributed by atoms with Gasteiger partial charge in [0.15, 0.2) is 5.75 Å². The molecule has 1 aromatic heterocycles. The van der Waals surface area contributed by atoms with Gasteiger partial charge in [-0.1, -0.05) is 0 Å². The van der Waals surface area contributed by atoms with Gasteiger partial charge in [-0.05, 0) is 0 Å². The second-order valence-electron chi connectivity index (χ2n) is 3.08. The van der Waals surface area contributed by atoms with Crippen LogP contribution in [0.1, 0.15) is 5.56 Å². The first-order valence-corrected chi connectivity index (χ1v) is 4.47. The monoisotopic (exact) mass is 267 g/mol. The van der Waals surface area contributed by atoms with E-state index in [0.29, 0.717) is 0 Å². The molecule has 0 bridgehead atoms. The summed E-state index contributed by atoms with van der Waals surface area (Å²) in [6.45, 7) is 0. The Kier molecular flexibility index (Phi) is 3.84. The zero-order valence-electron chi connectivity index (χ0n) is 8.98. The standard InChI is InChI=1S/C9H8F3NO5/c1-17-8-7(18-9(10,11)12)4(2-6(15)16)5(14)3-13-8/h3,14H,2H2,1H3,(H,15,16). The first-order chi connectivity index (χ1) is 8.24. The molecule has 0 radical (unpaired) electrons. The van der Waals surface area contributed by atoms with Gasteiger partial charge in [-0.3, -0.25) is 4.79 Å². The lowest BCUT2D eigenvalue weighted by atomic mass is 10.1. The Balaban J connectivity index is 3.31. The molecule has 18 heavy (non-hydrogen) atoms. The van der Waals surface area contributed by atoms with Crippen molar-refractivity contribution in [2.45, 2.75) is 12.8 Å². The Bertz CT molecular complexity index is 460. The summed E-state index contributed by atoms with van der Waals surface area (Å²) in [5.41, 5.74) is -0.563. The van der Waals surface area contributed by atoms with Gasteiger partial charge in [0.25, 0.3) is 5.88 Å². The van der Waals surface area contributed by atoms with Gasteiger partial charge in [-0.15, -0.1) is 13.2 Å². The molecule has 0 atom stereocenters. The predicted molar refractivity (Wildman–Crippen MR) is 50.5 cm³/mol. The predicted octanol–water partition coefficient (Wildman–Crippen LogP) is 1.32. The van der Waals surface area contributed by atoms with Crippen LogP contribution in [0.2, 0.25) is 0 Å². The Morgan fingerprint density at radius 2 is 2.11 bits per heavy atom. The molecule has 0 aliphatic heterocycles. The van der Waals surface area contributed by atoms with Crippen molar-refractivity contribution in [2.75, 3.05) is 7.11 Å². The second kappa shape index (κ2) is 4.98. The summed E-state index contributed by atoms with van der Waals surface area (Å²) in [6, 6.07) is 0. The van der Waals surface area contributed by atoms with Gasteiger partial charge in [-0.2, -0.15) is 0 Å². The Morgan fingerprint density at radius 3 is 2.56 bits per heavy atom. The fourth-order valence-corrected chi connectivity index (χ4v) is 1.19. The molecular weight excluding hydrogens is 259 g/mol. The van der Waals surface area contributed by atoms with E-state index in [9.17, 15) is 23.1 Å². The lowest BCUT2D eigenvalue weighted by Gasteiger charge is -2.15. The number of aliphatic carboxylic acids is 1. The Labute approximate surface area is 98.6 Å². The van der Waals surface area contributed by atoms with Crippen molar-refractivity contribution in [3.8, 4) is 17.4 Å². The molecule has 0 amide bonds. The van der Waals surface area contributed by atoms with Crippen LogP contribution in [0.15, 0.2) is 6.20 Å². The highest BCUT2D eigenvalue weighted by Crippen LogP contribution is 2.38. The average molecular weight is 267 g/mol. The van der Waals surface area contributed by atoms with Crippen molar-refractivity contribution in [1.82, 2.24) is 4.98 Å². The highest BCUT2D eigenvalue weighted by Gasteiger charge is 2.35. The molecule has 1 aromatic rings. The number of aromatic nitrogens is 1. The minimum Gasteiger partial charge on any atom is -0.506 e. The van der Waals surface area contributed by atoms with Crippen LogP contribution in [0.3, 0.4) is 0 Å². The fourth-order valence-electron chi connectivity index (χ4n) is 1.19. The number of carboxylic acids is 1. The zero-order chi connectivity index (χ0) is 13.9. The van der Waals surface area contributed by atoms with E-state index in [-0.39, 0.29) is 0 Å². The normalized spacial score (nSPS) is 11.1. The SMILES string of the molecule is COc1ncc(O)c(CC(=O)O)c1OC(F)(F)F. The van der Waals surface area contributed by atoms with Gasteiger partial charge in [0.1, 0.15) is 5.75 Å². The summed E-state index contributed by atoms with van der Waals surface area (Å²) in [7, 11) is 1.03. The van der Waals surface area contributed by atoms with E-state index < -0.39 is 41.7 Å². The highest BCUT2D eigenvalue weighted by atomic mass is 19.4. The maximum atomic E-state index is 12.2. The van der Waals surface area contributed by atoms with Crippen LogP contribution >= 0.6 is 0 Å². The molecule has 100 valence electrons. The topological polar surface area (TPSA) is 88.9 Å². The number of ether oxygens (including phenoxy) is 2. The van der Waals surface area contributed by atoms with Gasteiger partial charge in [0.05, 0.1) is 25.3 Å². The van der Waals surface area contributed by atoms with E-state index in [1.807, 2.05) is 0 Å². The third-order valence-corrected chi connectivity index (χ3v) is 1.82. The number of pyridine rings is 1. The second-order valence-corrected chi connectivity index (χ2v) is 3.08.